The first-order valence-electron chi connectivity index (χ1n) is 9.71. The molecule has 1 aromatic carbocycles. The zero-order valence-corrected chi connectivity index (χ0v) is 17.0. The average molecular weight is 385 g/mol. The van der Waals surface area contributed by atoms with Crippen LogP contribution in [-0.2, 0) is 6.54 Å². The van der Waals surface area contributed by atoms with E-state index in [1.165, 1.54) is 24.1 Å². The highest BCUT2D eigenvalue weighted by Gasteiger charge is 2.27. The molecule has 0 unspecified atom stereocenters. The van der Waals surface area contributed by atoms with Crippen molar-refractivity contribution in [2.45, 2.75) is 25.4 Å². The first-order chi connectivity index (χ1) is 13.1. The van der Waals surface area contributed by atoms with Crippen LogP contribution in [-0.4, -0.2) is 62.1 Å². The van der Waals surface area contributed by atoms with Gasteiger partial charge in [-0.2, -0.15) is 11.3 Å². The highest BCUT2D eigenvalue weighted by Crippen LogP contribution is 2.28. The monoisotopic (exact) mass is 384 g/mol. The molecule has 2 fully saturated rings. The normalized spacial score (nSPS) is 18.8. The summed E-state index contributed by atoms with van der Waals surface area (Å²) in [6.45, 7) is 4.74. The highest BCUT2D eigenvalue weighted by atomic mass is 32.1. The van der Waals surface area contributed by atoms with Crippen molar-refractivity contribution in [3.63, 3.8) is 0 Å². The number of amides is 2. The Labute approximate surface area is 165 Å². The van der Waals surface area contributed by atoms with Gasteiger partial charge in [-0.1, -0.05) is 6.07 Å². The van der Waals surface area contributed by atoms with E-state index >= 15 is 0 Å². The van der Waals surface area contributed by atoms with Gasteiger partial charge in [0.25, 0.3) is 0 Å². The largest absolute Gasteiger partial charge is 0.371 e. The van der Waals surface area contributed by atoms with Gasteiger partial charge in [-0.3, -0.25) is 9.80 Å². The molecule has 0 bridgehead atoms. The van der Waals surface area contributed by atoms with E-state index in [1.54, 1.807) is 16.2 Å². The van der Waals surface area contributed by atoms with E-state index < -0.39 is 0 Å². The van der Waals surface area contributed by atoms with Gasteiger partial charge in [-0.15, -0.1) is 0 Å². The van der Waals surface area contributed by atoms with Crippen LogP contribution in [0, 0.1) is 0 Å². The lowest BCUT2D eigenvalue weighted by Gasteiger charge is -2.38. The minimum Gasteiger partial charge on any atom is -0.371 e. The van der Waals surface area contributed by atoms with Crippen molar-refractivity contribution in [2.75, 3.05) is 50.1 Å². The van der Waals surface area contributed by atoms with E-state index in [-0.39, 0.29) is 6.03 Å². The summed E-state index contributed by atoms with van der Waals surface area (Å²) in [5.41, 5.74) is 3.66. The Balaban J connectivity index is 1.37. The second kappa shape index (κ2) is 7.90. The molecule has 2 saturated heterocycles. The van der Waals surface area contributed by atoms with Crippen LogP contribution >= 0.6 is 11.3 Å². The fourth-order valence-corrected chi connectivity index (χ4v) is 4.77. The number of hydrogen-bond acceptors (Lipinski definition) is 4. The number of hydrogen-bond donors (Lipinski definition) is 0. The van der Waals surface area contributed by atoms with Crippen LogP contribution < -0.4 is 9.80 Å². The van der Waals surface area contributed by atoms with Gasteiger partial charge < -0.3 is 9.80 Å². The number of carbonyl (C=O) groups is 1. The Bertz CT molecular complexity index is 770. The number of carbonyl (C=O) groups excluding carboxylic acids is 1. The van der Waals surface area contributed by atoms with Crippen LogP contribution in [0.4, 0.5) is 16.2 Å². The van der Waals surface area contributed by atoms with E-state index in [9.17, 15) is 4.79 Å². The summed E-state index contributed by atoms with van der Waals surface area (Å²) >= 11 is 1.77. The molecule has 1 aromatic heterocycles. The molecule has 0 saturated carbocycles. The Kier molecular flexibility index (Phi) is 5.36. The molecule has 3 heterocycles. The van der Waals surface area contributed by atoms with Crippen molar-refractivity contribution in [3.05, 3.63) is 46.7 Å². The SMILES string of the molecule is CN1CCN(c2cccc(N3CCC(N(C)Cc4ccsc4)CC3)c2)C1=O. The minimum absolute atomic E-state index is 0.0981. The van der Waals surface area contributed by atoms with E-state index in [0.29, 0.717) is 6.04 Å². The smallest absolute Gasteiger partial charge is 0.324 e. The third-order valence-corrected chi connectivity index (χ3v) is 6.55. The van der Waals surface area contributed by atoms with Crippen molar-refractivity contribution < 1.29 is 4.79 Å². The Morgan fingerprint density at radius 3 is 2.56 bits per heavy atom. The van der Waals surface area contributed by atoms with Gasteiger partial charge in [-0.25, -0.2) is 4.79 Å². The van der Waals surface area contributed by atoms with Crippen LogP contribution in [0.2, 0.25) is 0 Å². The number of likely N-dealkylation sites (N-methyl/N-ethyl adjacent to an activating group) is 1. The molecule has 144 valence electrons. The quantitative estimate of drug-likeness (QED) is 0.787. The van der Waals surface area contributed by atoms with Gasteiger partial charge in [0.1, 0.15) is 0 Å². The summed E-state index contributed by atoms with van der Waals surface area (Å²) < 4.78 is 0. The zero-order chi connectivity index (χ0) is 18.8. The Morgan fingerprint density at radius 1 is 1.11 bits per heavy atom. The molecule has 5 nitrogen and oxygen atoms in total. The van der Waals surface area contributed by atoms with Crippen LogP contribution in [0.3, 0.4) is 0 Å². The molecule has 0 atom stereocenters. The lowest BCUT2D eigenvalue weighted by atomic mass is 10.0. The van der Waals surface area contributed by atoms with Crippen molar-refractivity contribution in [3.8, 4) is 0 Å². The maximum atomic E-state index is 12.3. The first kappa shape index (κ1) is 18.3. The summed E-state index contributed by atoms with van der Waals surface area (Å²) in [4.78, 5) is 20.9. The fraction of sp³-hybridized carbons (Fsp3) is 0.476. The summed E-state index contributed by atoms with van der Waals surface area (Å²) in [5.74, 6) is 0. The van der Waals surface area contributed by atoms with E-state index in [2.05, 4.69) is 51.9 Å². The number of benzene rings is 1. The lowest BCUT2D eigenvalue weighted by molar-refractivity contribution is 0.200. The highest BCUT2D eigenvalue weighted by molar-refractivity contribution is 7.07. The fourth-order valence-electron chi connectivity index (χ4n) is 4.11. The minimum atomic E-state index is 0.0981. The maximum absolute atomic E-state index is 12.3. The molecular weight excluding hydrogens is 356 g/mol. The summed E-state index contributed by atoms with van der Waals surface area (Å²) in [6, 6.07) is 11.4. The molecule has 0 spiro atoms. The third kappa shape index (κ3) is 3.96. The standard InChI is InChI=1S/C21H28N4OS/c1-22-11-12-25(21(22)26)20-5-3-4-19(14-20)24-9-6-18(7-10-24)23(2)15-17-8-13-27-16-17/h3-5,8,13-14,16,18H,6-7,9-12,15H2,1-2H3. The van der Waals surface area contributed by atoms with E-state index in [4.69, 9.17) is 0 Å². The molecule has 0 aliphatic carbocycles. The molecule has 2 aliphatic heterocycles. The number of anilines is 2. The van der Waals surface area contributed by atoms with Gasteiger partial charge in [0.2, 0.25) is 0 Å². The van der Waals surface area contributed by atoms with Gasteiger partial charge in [-0.05, 0) is 60.5 Å². The van der Waals surface area contributed by atoms with Gasteiger partial charge in [0.05, 0.1) is 0 Å². The predicted molar refractivity (Wildman–Crippen MR) is 113 cm³/mol. The topological polar surface area (TPSA) is 30.0 Å². The number of urea groups is 1. The van der Waals surface area contributed by atoms with Crippen molar-refractivity contribution in [1.29, 1.82) is 0 Å². The van der Waals surface area contributed by atoms with Gasteiger partial charge >= 0.3 is 6.03 Å². The third-order valence-electron chi connectivity index (χ3n) is 5.82. The Hall–Kier alpha value is -2.05. The van der Waals surface area contributed by atoms with Crippen LogP contribution in [0.1, 0.15) is 18.4 Å². The summed E-state index contributed by atoms with van der Waals surface area (Å²) in [5, 5.41) is 4.40. The molecule has 2 aliphatic rings. The van der Waals surface area contributed by atoms with Crippen molar-refractivity contribution in [1.82, 2.24) is 9.80 Å². The number of rotatable bonds is 5. The zero-order valence-electron chi connectivity index (χ0n) is 16.2. The van der Waals surface area contributed by atoms with Crippen LogP contribution in [0.5, 0.6) is 0 Å². The molecule has 4 rings (SSSR count). The summed E-state index contributed by atoms with van der Waals surface area (Å²) in [6.07, 6.45) is 2.35. The van der Waals surface area contributed by atoms with Crippen molar-refractivity contribution in [2.24, 2.45) is 0 Å². The molecular formula is C21H28N4OS. The average Bonchev–Trinajstić information content (AvgIpc) is 3.32. The van der Waals surface area contributed by atoms with Gasteiger partial charge in [0, 0.05) is 57.2 Å². The number of nitrogens with zero attached hydrogens (tertiary/aromatic N) is 4. The molecule has 0 N–H and O–H groups in total. The van der Waals surface area contributed by atoms with Gasteiger partial charge in [0.15, 0.2) is 0 Å². The van der Waals surface area contributed by atoms with Crippen molar-refractivity contribution >= 4 is 28.7 Å². The van der Waals surface area contributed by atoms with Crippen LogP contribution in [0.25, 0.3) is 0 Å². The molecule has 2 amide bonds. The summed E-state index contributed by atoms with van der Waals surface area (Å²) in [7, 11) is 4.11. The molecule has 6 heteroatoms. The van der Waals surface area contributed by atoms with E-state index in [0.717, 1.165) is 38.4 Å². The Morgan fingerprint density at radius 2 is 1.89 bits per heavy atom. The van der Waals surface area contributed by atoms with E-state index in [1.807, 2.05) is 18.0 Å². The maximum Gasteiger partial charge on any atom is 0.324 e. The molecule has 27 heavy (non-hydrogen) atoms. The lowest BCUT2D eigenvalue weighted by Crippen LogP contribution is -2.43. The predicted octanol–water partition coefficient (Wildman–Crippen LogP) is 3.72. The number of thiophene rings is 1. The molecule has 2 aromatic rings. The first-order valence-corrected chi connectivity index (χ1v) is 10.6. The second-order valence-electron chi connectivity index (χ2n) is 7.64. The van der Waals surface area contributed by atoms with Crippen LogP contribution in [0.15, 0.2) is 41.1 Å². The molecule has 0 radical (unpaired) electrons. The number of piperidine rings is 1. The second-order valence-corrected chi connectivity index (χ2v) is 8.42.